The molecule has 0 bridgehead atoms. The summed E-state index contributed by atoms with van der Waals surface area (Å²) < 4.78 is 83.9. The fraction of sp³-hybridized carbons (Fsp3) is 0.375. The van der Waals surface area contributed by atoms with Crippen LogP contribution in [0.15, 0.2) is 42.5 Å². The molecule has 1 aliphatic rings. The second-order valence-electron chi connectivity index (χ2n) is 8.51. The molecule has 0 unspecified atom stereocenters. The van der Waals surface area contributed by atoms with Crippen molar-refractivity contribution in [3.05, 3.63) is 69.6 Å². The molecule has 0 spiro atoms. The van der Waals surface area contributed by atoms with Crippen molar-refractivity contribution in [2.45, 2.75) is 25.4 Å². The smallest absolute Gasteiger partial charge is 0.416 e. The number of nitrogens with zero attached hydrogens (tertiary/aromatic N) is 3. The first-order valence-electron chi connectivity index (χ1n) is 11.0. The van der Waals surface area contributed by atoms with Crippen molar-refractivity contribution < 1.29 is 36.2 Å². The van der Waals surface area contributed by atoms with E-state index in [4.69, 9.17) is 4.74 Å². The Bertz CT molecular complexity index is 1190. The van der Waals surface area contributed by atoms with E-state index in [0.717, 1.165) is 42.9 Å². The first kappa shape index (κ1) is 26.1. The molecule has 1 fully saturated rings. The Labute approximate surface area is 207 Å². The predicted molar refractivity (Wildman–Crippen MR) is 124 cm³/mol. The Morgan fingerprint density at radius 3 is 2.22 bits per heavy atom. The van der Waals surface area contributed by atoms with Crippen LogP contribution in [0.1, 0.15) is 27.1 Å². The van der Waals surface area contributed by atoms with Crippen molar-refractivity contribution in [1.82, 2.24) is 9.88 Å². The quantitative estimate of drug-likeness (QED) is 0.407. The standard InChI is InChI=1S/C24H23F6N3O2S/c1-32-8-10-33(11-9-32)22-31-21(34)20(36-22)12-15-2-6-18(7-3-15)35-14-16-4-5-17(23(25,26)27)13-19(16)24(28,29)30/h2-7,13,34H,8-12,14H2,1H3. The predicted octanol–water partition coefficient (Wildman–Crippen LogP) is 5.81. The van der Waals surface area contributed by atoms with Gasteiger partial charge in [-0.05, 0) is 36.9 Å². The number of benzene rings is 2. The molecule has 0 aliphatic carbocycles. The first-order valence-corrected chi connectivity index (χ1v) is 11.8. The van der Waals surface area contributed by atoms with Crippen LogP contribution in [-0.4, -0.2) is 48.2 Å². The summed E-state index contributed by atoms with van der Waals surface area (Å²) in [6, 6.07) is 8.03. The molecule has 0 amide bonds. The van der Waals surface area contributed by atoms with Crippen LogP contribution < -0.4 is 9.64 Å². The van der Waals surface area contributed by atoms with Crippen LogP contribution in [0, 0.1) is 0 Å². The van der Waals surface area contributed by atoms with Gasteiger partial charge in [0.1, 0.15) is 12.4 Å². The number of likely N-dealkylation sites (N-methyl/N-ethyl adjacent to an activating group) is 1. The van der Waals surface area contributed by atoms with E-state index >= 15 is 0 Å². The molecular formula is C24H23F6N3O2S. The third-order valence-electron chi connectivity index (χ3n) is 5.86. The molecule has 1 saturated heterocycles. The molecule has 2 heterocycles. The summed E-state index contributed by atoms with van der Waals surface area (Å²) in [6.45, 7) is 2.92. The van der Waals surface area contributed by atoms with Gasteiger partial charge in [0, 0.05) is 38.2 Å². The number of ether oxygens (including phenoxy) is 1. The molecule has 1 aromatic heterocycles. The van der Waals surface area contributed by atoms with E-state index in [1.807, 2.05) is 7.05 Å². The zero-order chi connectivity index (χ0) is 26.1. The molecule has 12 heteroatoms. The maximum Gasteiger partial charge on any atom is 0.416 e. The zero-order valence-corrected chi connectivity index (χ0v) is 20.0. The van der Waals surface area contributed by atoms with Crippen molar-refractivity contribution in [2.24, 2.45) is 0 Å². The van der Waals surface area contributed by atoms with Crippen molar-refractivity contribution in [2.75, 3.05) is 38.1 Å². The minimum atomic E-state index is -4.95. The number of rotatable bonds is 6. The maximum absolute atomic E-state index is 13.3. The number of aromatic hydroxyl groups is 1. The highest BCUT2D eigenvalue weighted by Crippen LogP contribution is 2.38. The SMILES string of the molecule is CN1CCN(c2nc(O)c(Cc3ccc(OCc4ccc(C(F)(F)F)cc4C(F)(F)F)cc3)s2)CC1. The number of hydrogen-bond acceptors (Lipinski definition) is 6. The Morgan fingerprint density at radius 2 is 1.61 bits per heavy atom. The Balaban J connectivity index is 1.41. The van der Waals surface area contributed by atoms with E-state index in [1.165, 1.54) is 11.3 Å². The molecule has 4 rings (SSSR count). The van der Waals surface area contributed by atoms with Gasteiger partial charge in [-0.25, -0.2) is 0 Å². The lowest BCUT2D eigenvalue weighted by atomic mass is 10.0. The number of thiazole rings is 1. The van der Waals surface area contributed by atoms with E-state index in [9.17, 15) is 31.4 Å². The van der Waals surface area contributed by atoms with Crippen LogP contribution >= 0.6 is 11.3 Å². The lowest BCUT2D eigenvalue weighted by Crippen LogP contribution is -2.44. The zero-order valence-electron chi connectivity index (χ0n) is 19.2. The summed E-state index contributed by atoms with van der Waals surface area (Å²) in [5, 5.41) is 11.0. The second kappa shape index (κ2) is 10.2. The minimum absolute atomic E-state index is 0.0313. The molecular weight excluding hydrogens is 508 g/mol. The van der Waals surface area contributed by atoms with Gasteiger partial charge in [0.05, 0.1) is 16.0 Å². The fourth-order valence-corrected chi connectivity index (χ4v) is 4.81. The first-order chi connectivity index (χ1) is 16.9. The summed E-state index contributed by atoms with van der Waals surface area (Å²) in [7, 11) is 2.05. The topological polar surface area (TPSA) is 48.8 Å². The maximum atomic E-state index is 13.3. The molecule has 36 heavy (non-hydrogen) atoms. The van der Waals surface area contributed by atoms with Crippen LogP contribution in [0.3, 0.4) is 0 Å². The summed E-state index contributed by atoms with van der Waals surface area (Å²) >= 11 is 1.41. The third kappa shape index (κ3) is 6.22. The van der Waals surface area contributed by atoms with Crippen molar-refractivity contribution in [3.63, 3.8) is 0 Å². The van der Waals surface area contributed by atoms with E-state index in [-0.39, 0.29) is 17.7 Å². The lowest BCUT2D eigenvalue weighted by molar-refractivity contribution is -0.143. The Kier molecular flexibility index (Phi) is 7.37. The average Bonchev–Trinajstić information content (AvgIpc) is 3.17. The summed E-state index contributed by atoms with van der Waals surface area (Å²) in [5.74, 6) is 0.231. The van der Waals surface area contributed by atoms with Crippen LogP contribution in [0.4, 0.5) is 31.5 Å². The van der Waals surface area contributed by atoms with Gasteiger partial charge in [0.25, 0.3) is 0 Å². The number of piperazine rings is 1. The molecule has 2 aromatic carbocycles. The van der Waals surface area contributed by atoms with E-state index in [0.29, 0.717) is 17.4 Å². The number of halogens is 6. The van der Waals surface area contributed by atoms with Crippen LogP contribution in [0.2, 0.25) is 0 Å². The van der Waals surface area contributed by atoms with Crippen LogP contribution in [0.5, 0.6) is 11.6 Å². The summed E-state index contributed by atoms with van der Waals surface area (Å²) in [5.41, 5.74) is -2.32. The molecule has 3 aromatic rings. The van der Waals surface area contributed by atoms with Gasteiger partial charge in [0.15, 0.2) is 5.13 Å². The highest BCUT2D eigenvalue weighted by molar-refractivity contribution is 7.15. The van der Waals surface area contributed by atoms with Gasteiger partial charge >= 0.3 is 12.4 Å². The Morgan fingerprint density at radius 1 is 0.944 bits per heavy atom. The number of hydrogen-bond donors (Lipinski definition) is 1. The van der Waals surface area contributed by atoms with E-state index in [2.05, 4.69) is 14.8 Å². The van der Waals surface area contributed by atoms with Gasteiger partial charge in [0.2, 0.25) is 5.88 Å². The van der Waals surface area contributed by atoms with Gasteiger partial charge in [-0.1, -0.05) is 29.5 Å². The van der Waals surface area contributed by atoms with Crippen LogP contribution in [-0.2, 0) is 25.4 Å². The molecule has 194 valence electrons. The van der Waals surface area contributed by atoms with Crippen molar-refractivity contribution in [1.29, 1.82) is 0 Å². The monoisotopic (exact) mass is 531 g/mol. The minimum Gasteiger partial charge on any atom is -0.492 e. The number of aromatic nitrogens is 1. The average molecular weight is 532 g/mol. The number of alkyl halides is 6. The van der Waals surface area contributed by atoms with E-state index < -0.39 is 35.6 Å². The normalized spacial score (nSPS) is 15.4. The van der Waals surface area contributed by atoms with Crippen molar-refractivity contribution >= 4 is 16.5 Å². The van der Waals surface area contributed by atoms with Crippen molar-refractivity contribution in [3.8, 4) is 11.6 Å². The van der Waals surface area contributed by atoms with Gasteiger partial charge in [-0.3, -0.25) is 0 Å². The third-order valence-corrected chi connectivity index (χ3v) is 6.97. The molecule has 0 radical (unpaired) electrons. The Hall–Kier alpha value is -2.99. The molecule has 0 atom stereocenters. The molecule has 1 aliphatic heterocycles. The molecule has 1 N–H and O–H groups in total. The highest BCUT2D eigenvalue weighted by atomic mass is 32.1. The van der Waals surface area contributed by atoms with Gasteiger partial charge in [-0.15, -0.1) is 0 Å². The van der Waals surface area contributed by atoms with Gasteiger partial charge in [-0.2, -0.15) is 31.3 Å². The number of anilines is 1. The fourth-order valence-electron chi connectivity index (χ4n) is 3.77. The lowest BCUT2D eigenvalue weighted by Gasteiger charge is -2.31. The van der Waals surface area contributed by atoms with Crippen LogP contribution in [0.25, 0.3) is 0 Å². The second-order valence-corrected chi connectivity index (χ2v) is 9.57. The van der Waals surface area contributed by atoms with E-state index in [1.54, 1.807) is 24.3 Å². The largest absolute Gasteiger partial charge is 0.492 e. The molecule has 5 nitrogen and oxygen atoms in total. The van der Waals surface area contributed by atoms with Gasteiger partial charge < -0.3 is 19.6 Å². The summed E-state index contributed by atoms with van der Waals surface area (Å²) in [4.78, 5) is 9.32. The summed E-state index contributed by atoms with van der Waals surface area (Å²) in [6.07, 6.45) is -9.43. The highest BCUT2D eigenvalue weighted by Gasteiger charge is 2.38. The molecule has 0 saturated carbocycles.